The summed E-state index contributed by atoms with van der Waals surface area (Å²) in [4.78, 5) is 15.9. The van der Waals surface area contributed by atoms with Crippen LogP contribution in [0.15, 0.2) is 30.3 Å². The highest BCUT2D eigenvalue weighted by Crippen LogP contribution is 2.26. The summed E-state index contributed by atoms with van der Waals surface area (Å²) in [5, 5.41) is 0. The zero-order chi connectivity index (χ0) is 19.3. The van der Waals surface area contributed by atoms with Crippen molar-refractivity contribution in [2.75, 3.05) is 32.7 Å². The smallest absolute Gasteiger partial charge is 0.342 e. The molecule has 1 fully saturated rings. The topological polar surface area (TPSA) is 49.6 Å². The Hall–Kier alpha value is -1.02. The molecule has 0 bridgehead atoms. The number of benzene rings is 1. The Bertz CT molecular complexity index is 590. The molecule has 0 aliphatic carbocycles. The first-order valence-corrected chi connectivity index (χ1v) is 9.09. The molecule has 1 aliphatic rings. The Kier molecular flexibility index (Phi) is 11.4. The molecule has 0 saturated carbocycles. The molecule has 0 spiro atoms. The van der Waals surface area contributed by atoms with Crippen LogP contribution >= 0.6 is 24.8 Å². The van der Waals surface area contributed by atoms with Crippen LogP contribution in [0.2, 0.25) is 0 Å². The van der Waals surface area contributed by atoms with Gasteiger partial charge in [0.2, 0.25) is 5.91 Å². The van der Waals surface area contributed by atoms with Crippen molar-refractivity contribution in [3.05, 3.63) is 35.9 Å². The van der Waals surface area contributed by atoms with E-state index in [1.165, 1.54) is 4.90 Å². The maximum atomic E-state index is 12.7. The van der Waals surface area contributed by atoms with Crippen LogP contribution in [0.5, 0.6) is 0 Å². The van der Waals surface area contributed by atoms with E-state index < -0.39 is 12.7 Å². The average molecular weight is 444 g/mol. The number of rotatable bonds is 7. The van der Waals surface area contributed by atoms with Crippen molar-refractivity contribution in [3.63, 3.8) is 0 Å². The number of likely N-dealkylation sites (tertiary alicyclic amines) is 1. The SMILES string of the molecule is CCN(CC1CCN(C(=O)C(C)C(N)c2ccccc2)C1)CC(F)(F)F.Cl.Cl. The lowest BCUT2D eigenvalue weighted by molar-refractivity contribution is -0.147. The Labute approximate surface area is 177 Å². The number of hydrogen-bond donors (Lipinski definition) is 1. The van der Waals surface area contributed by atoms with Crippen molar-refractivity contribution >= 4 is 30.7 Å². The molecular weight excluding hydrogens is 414 g/mol. The quantitative estimate of drug-likeness (QED) is 0.694. The third-order valence-corrected chi connectivity index (χ3v) is 5.08. The van der Waals surface area contributed by atoms with E-state index in [-0.39, 0.29) is 48.6 Å². The Balaban J connectivity index is 0.00000364. The first-order valence-electron chi connectivity index (χ1n) is 9.09. The summed E-state index contributed by atoms with van der Waals surface area (Å²) in [7, 11) is 0. The molecule has 2 rings (SSSR count). The summed E-state index contributed by atoms with van der Waals surface area (Å²) in [6.07, 6.45) is -3.46. The number of halogens is 5. The first kappa shape index (κ1) is 27.0. The van der Waals surface area contributed by atoms with Gasteiger partial charge in [-0.15, -0.1) is 24.8 Å². The summed E-state index contributed by atoms with van der Waals surface area (Å²) >= 11 is 0. The summed E-state index contributed by atoms with van der Waals surface area (Å²) in [5.41, 5.74) is 7.14. The van der Waals surface area contributed by atoms with Gasteiger partial charge >= 0.3 is 6.18 Å². The molecule has 1 aromatic carbocycles. The van der Waals surface area contributed by atoms with Gasteiger partial charge in [0.25, 0.3) is 0 Å². The maximum absolute atomic E-state index is 12.7. The van der Waals surface area contributed by atoms with E-state index in [1.807, 2.05) is 37.3 Å². The van der Waals surface area contributed by atoms with Gasteiger partial charge in [0.1, 0.15) is 0 Å². The molecule has 4 nitrogen and oxygen atoms in total. The molecule has 1 saturated heterocycles. The van der Waals surface area contributed by atoms with Crippen LogP contribution in [0.1, 0.15) is 31.9 Å². The van der Waals surface area contributed by atoms with Gasteiger partial charge in [-0.25, -0.2) is 0 Å². The number of hydrogen-bond acceptors (Lipinski definition) is 3. The van der Waals surface area contributed by atoms with E-state index in [9.17, 15) is 18.0 Å². The fourth-order valence-corrected chi connectivity index (χ4v) is 3.51. The molecule has 0 radical (unpaired) electrons. The van der Waals surface area contributed by atoms with E-state index in [4.69, 9.17) is 5.73 Å². The van der Waals surface area contributed by atoms with Crippen molar-refractivity contribution < 1.29 is 18.0 Å². The third kappa shape index (κ3) is 7.78. The Morgan fingerprint density at radius 1 is 1.29 bits per heavy atom. The van der Waals surface area contributed by atoms with Crippen molar-refractivity contribution in [1.29, 1.82) is 0 Å². The first-order chi connectivity index (χ1) is 12.2. The molecule has 1 amide bonds. The number of amides is 1. The van der Waals surface area contributed by atoms with Crippen molar-refractivity contribution in [2.24, 2.45) is 17.6 Å². The lowest BCUT2D eigenvalue weighted by Crippen LogP contribution is -2.40. The molecule has 0 aromatic heterocycles. The third-order valence-electron chi connectivity index (χ3n) is 5.08. The van der Waals surface area contributed by atoms with Crippen molar-refractivity contribution in [3.8, 4) is 0 Å². The molecule has 3 atom stereocenters. The molecule has 1 heterocycles. The second-order valence-corrected chi connectivity index (χ2v) is 7.11. The molecule has 9 heteroatoms. The zero-order valence-corrected chi connectivity index (χ0v) is 17.8. The predicted molar refractivity (Wildman–Crippen MR) is 110 cm³/mol. The molecule has 1 aliphatic heterocycles. The highest BCUT2D eigenvalue weighted by molar-refractivity contribution is 5.85. The Morgan fingerprint density at radius 3 is 2.43 bits per heavy atom. The lowest BCUT2D eigenvalue weighted by atomic mass is 9.94. The van der Waals surface area contributed by atoms with Gasteiger partial charge in [0, 0.05) is 25.7 Å². The number of carbonyl (C=O) groups is 1. The monoisotopic (exact) mass is 443 g/mol. The number of nitrogens with two attached hydrogens (primary N) is 1. The van der Waals surface area contributed by atoms with E-state index in [1.54, 1.807) is 11.8 Å². The van der Waals surface area contributed by atoms with Crippen LogP contribution in [0, 0.1) is 11.8 Å². The van der Waals surface area contributed by atoms with Gasteiger partial charge in [0.05, 0.1) is 12.5 Å². The highest BCUT2D eigenvalue weighted by atomic mass is 35.5. The van der Waals surface area contributed by atoms with Crippen LogP contribution in [-0.4, -0.2) is 54.6 Å². The van der Waals surface area contributed by atoms with E-state index in [0.717, 1.165) is 12.0 Å². The van der Waals surface area contributed by atoms with Gasteiger partial charge in [-0.05, 0) is 24.4 Å². The Morgan fingerprint density at radius 2 is 1.89 bits per heavy atom. The van der Waals surface area contributed by atoms with Gasteiger partial charge < -0.3 is 10.6 Å². The summed E-state index contributed by atoms with van der Waals surface area (Å²) in [6.45, 7) is 4.43. The van der Waals surface area contributed by atoms with Gasteiger partial charge in [-0.1, -0.05) is 44.2 Å². The van der Waals surface area contributed by atoms with Crippen LogP contribution in [-0.2, 0) is 4.79 Å². The van der Waals surface area contributed by atoms with Gasteiger partial charge in [0.15, 0.2) is 0 Å². The second-order valence-electron chi connectivity index (χ2n) is 7.11. The van der Waals surface area contributed by atoms with Gasteiger partial charge in [-0.2, -0.15) is 13.2 Å². The maximum Gasteiger partial charge on any atom is 0.401 e. The molecule has 1 aromatic rings. The number of alkyl halides is 3. The molecule has 162 valence electrons. The highest BCUT2D eigenvalue weighted by Gasteiger charge is 2.35. The van der Waals surface area contributed by atoms with E-state index >= 15 is 0 Å². The van der Waals surface area contributed by atoms with Crippen LogP contribution in [0.25, 0.3) is 0 Å². The van der Waals surface area contributed by atoms with Gasteiger partial charge in [-0.3, -0.25) is 9.69 Å². The van der Waals surface area contributed by atoms with Crippen LogP contribution in [0.4, 0.5) is 13.2 Å². The van der Waals surface area contributed by atoms with Crippen LogP contribution < -0.4 is 5.73 Å². The normalized spacial score (nSPS) is 19.0. The number of nitrogens with zero attached hydrogens (tertiary/aromatic N) is 2. The van der Waals surface area contributed by atoms with Crippen molar-refractivity contribution in [2.45, 2.75) is 32.5 Å². The molecule has 3 unspecified atom stereocenters. The summed E-state index contributed by atoms with van der Waals surface area (Å²) in [6, 6.07) is 9.08. The standard InChI is InChI=1S/C19H28F3N3O.2ClH/c1-3-24(13-19(20,21)22)11-15-9-10-25(12-15)18(26)14(2)17(23)16-7-5-4-6-8-16;;/h4-8,14-15,17H,3,9-13,23H2,1-2H3;2*1H. The van der Waals surface area contributed by atoms with Crippen LogP contribution in [0.3, 0.4) is 0 Å². The summed E-state index contributed by atoms with van der Waals surface area (Å²) < 4.78 is 37.8. The second kappa shape index (κ2) is 11.9. The predicted octanol–water partition coefficient (Wildman–Crippen LogP) is 3.90. The number of carbonyl (C=O) groups excluding carboxylic acids is 1. The van der Waals surface area contributed by atoms with E-state index in [0.29, 0.717) is 26.2 Å². The fraction of sp³-hybridized carbons (Fsp3) is 0.632. The molecule has 2 N–H and O–H groups in total. The average Bonchev–Trinajstić information content (AvgIpc) is 3.07. The summed E-state index contributed by atoms with van der Waals surface area (Å²) in [5.74, 6) is -0.322. The van der Waals surface area contributed by atoms with Crippen molar-refractivity contribution in [1.82, 2.24) is 9.80 Å². The minimum Gasteiger partial charge on any atom is -0.342 e. The molecule has 28 heavy (non-hydrogen) atoms. The lowest BCUT2D eigenvalue weighted by Gasteiger charge is -2.27. The zero-order valence-electron chi connectivity index (χ0n) is 16.2. The fourth-order valence-electron chi connectivity index (χ4n) is 3.51. The van der Waals surface area contributed by atoms with E-state index in [2.05, 4.69) is 0 Å². The minimum atomic E-state index is -4.19. The minimum absolute atomic E-state index is 0. The molecular formula is C19H30Cl2F3N3O. The largest absolute Gasteiger partial charge is 0.401 e.